The molecule has 106 valence electrons. The van der Waals surface area contributed by atoms with Gasteiger partial charge < -0.3 is 9.84 Å². The average molecular weight is 279 g/mol. The fourth-order valence-electron chi connectivity index (χ4n) is 2.39. The minimum atomic E-state index is -0.302. The Bertz CT molecular complexity index is 682. The van der Waals surface area contributed by atoms with Crippen LogP contribution in [0.5, 0.6) is 5.75 Å². The molecule has 0 radical (unpaired) electrons. The van der Waals surface area contributed by atoms with Gasteiger partial charge in [-0.3, -0.25) is 4.99 Å². The van der Waals surface area contributed by atoms with Crippen LogP contribution in [0.15, 0.2) is 65.3 Å². The molecule has 1 aliphatic heterocycles. The number of benzene rings is 2. The predicted octanol–water partition coefficient (Wildman–Crippen LogP) is 3.78. The van der Waals surface area contributed by atoms with E-state index in [-0.39, 0.29) is 6.79 Å². The third-order valence-corrected chi connectivity index (χ3v) is 3.52. The first-order valence-electron chi connectivity index (χ1n) is 6.93. The van der Waals surface area contributed by atoms with Crippen molar-refractivity contribution in [2.24, 2.45) is 4.99 Å². The van der Waals surface area contributed by atoms with E-state index in [9.17, 15) is 0 Å². The van der Waals surface area contributed by atoms with Gasteiger partial charge in [-0.15, -0.1) is 0 Å². The molecule has 1 heterocycles. The molecule has 0 aromatic heterocycles. The van der Waals surface area contributed by atoms with Gasteiger partial charge in [0.15, 0.2) is 6.79 Å². The van der Waals surface area contributed by atoms with Crippen molar-refractivity contribution in [3.8, 4) is 16.9 Å². The van der Waals surface area contributed by atoms with E-state index >= 15 is 0 Å². The molecule has 0 saturated carbocycles. The number of aliphatic hydroxyl groups is 1. The molecular weight excluding hydrogens is 262 g/mol. The molecule has 3 nitrogen and oxygen atoms in total. The van der Waals surface area contributed by atoms with Gasteiger partial charge in [-0.25, -0.2) is 0 Å². The van der Waals surface area contributed by atoms with Gasteiger partial charge in [0.1, 0.15) is 5.75 Å². The van der Waals surface area contributed by atoms with Crippen molar-refractivity contribution in [3.63, 3.8) is 0 Å². The molecular formula is C18H17NO2. The van der Waals surface area contributed by atoms with Gasteiger partial charge in [0.2, 0.25) is 0 Å². The summed E-state index contributed by atoms with van der Waals surface area (Å²) in [6.45, 7) is 1.80. The van der Waals surface area contributed by atoms with Crippen LogP contribution in [-0.4, -0.2) is 17.6 Å². The highest BCUT2D eigenvalue weighted by molar-refractivity contribution is 6.03. The highest BCUT2D eigenvalue weighted by Gasteiger charge is 2.09. The summed E-state index contributed by atoms with van der Waals surface area (Å²) in [5.74, 6) is 0.666. The summed E-state index contributed by atoms with van der Waals surface area (Å²) in [7, 11) is 0. The Balaban J connectivity index is 1.78. The Labute approximate surface area is 124 Å². The van der Waals surface area contributed by atoms with E-state index in [0.717, 1.165) is 23.3 Å². The normalized spacial score (nSPS) is 13.8. The molecule has 2 aromatic carbocycles. The number of aliphatic hydroxyl groups excluding tert-OH is 1. The fourth-order valence-corrected chi connectivity index (χ4v) is 2.39. The summed E-state index contributed by atoms with van der Waals surface area (Å²) >= 11 is 0. The van der Waals surface area contributed by atoms with Crippen LogP contribution in [0.3, 0.4) is 0 Å². The molecule has 2 aromatic rings. The van der Waals surface area contributed by atoms with Crippen molar-refractivity contribution >= 4 is 5.71 Å². The lowest BCUT2D eigenvalue weighted by molar-refractivity contribution is 0.0985. The molecule has 0 aliphatic carbocycles. The number of hydrogen-bond donors (Lipinski definition) is 1. The number of hydrogen-bond acceptors (Lipinski definition) is 3. The van der Waals surface area contributed by atoms with Gasteiger partial charge in [0.25, 0.3) is 0 Å². The molecule has 21 heavy (non-hydrogen) atoms. The maximum atomic E-state index is 8.72. The van der Waals surface area contributed by atoms with E-state index in [1.807, 2.05) is 30.5 Å². The first-order valence-corrected chi connectivity index (χ1v) is 6.93. The second kappa shape index (κ2) is 5.94. The van der Waals surface area contributed by atoms with E-state index in [1.165, 1.54) is 11.1 Å². The lowest BCUT2D eigenvalue weighted by Crippen LogP contribution is -1.97. The van der Waals surface area contributed by atoms with Gasteiger partial charge in [0.05, 0.1) is 5.71 Å². The number of rotatable bonds is 4. The molecule has 3 rings (SSSR count). The van der Waals surface area contributed by atoms with Gasteiger partial charge >= 0.3 is 0 Å². The summed E-state index contributed by atoms with van der Waals surface area (Å²) in [6.07, 6.45) is 2.87. The standard InChI is InChI=1S/C18H17NO2/c1-13-10-18(19-11-13)16-4-2-14(3-5-16)15-6-8-17(9-7-15)21-12-20/h2-9,11,20H,10,12H2,1H3. The minimum Gasteiger partial charge on any atom is -0.468 e. The lowest BCUT2D eigenvalue weighted by Gasteiger charge is -2.06. The Morgan fingerprint density at radius 1 is 0.952 bits per heavy atom. The molecule has 3 heteroatoms. The predicted molar refractivity (Wildman–Crippen MR) is 84.5 cm³/mol. The summed E-state index contributed by atoms with van der Waals surface area (Å²) in [6, 6.07) is 16.1. The number of allylic oxidation sites excluding steroid dienone is 1. The second-order valence-corrected chi connectivity index (χ2v) is 5.10. The molecule has 0 bridgehead atoms. The minimum absolute atomic E-state index is 0.302. The first kappa shape index (κ1) is 13.6. The Hall–Kier alpha value is -2.39. The van der Waals surface area contributed by atoms with Gasteiger partial charge in [-0.1, -0.05) is 36.4 Å². The van der Waals surface area contributed by atoms with E-state index in [0.29, 0.717) is 5.75 Å². The molecule has 0 amide bonds. The molecule has 0 saturated heterocycles. The van der Waals surface area contributed by atoms with Crippen molar-refractivity contribution in [3.05, 3.63) is 65.9 Å². The number of nitrogens with zero attached hydrogens (tertiary/aromatic N) is 1. The van der Waals surface area contributed by atoms with E-state index in [4.69, 9.17) is 9.84 Å². The zero-order chi connectivity index (χ0) is 14.7. The average Bonchev–Trinajstić information content (AvgIpc) is 2.95. The van der Waals surface area contributed by atoms with Crippen LogP contribution in [-0.2, 0) is 0 Å². The van der Waals surface area contributed by atoms with Crippen molar-refractivity contribution in [1.29, 1.82) is 0 Å². The van der Waals surface area contributed by atoms with Crippen LogP contribution in [0.1, 0.15) is 18.9 Å². The molecule has 1 N–H and O–H groups in total. The quantitative estimate of drug-likeness (QED) is 0.865. The molecule has 0 fully saturated rings. The Morgan fingerprint density at radius 2 is 1.52 bits per heavy atom. The third-order valence-electron chi connectivity index (χ3n) is 3.52. The van der Waals surface area contributed by atoms with Gasteiger partial charge in [-0.05, 0) is 41.3 Å². The first-order chi connectivity index (χ1) is 10.3. The fraction of sp³-hybridized carbons (Fsp3) is 0.167. The molecule has 0 unspecified atom stereocenters. The number of ether oxygens (including phenoxy) is 1. The van der Waals surface area contributed by atoms with Crippen LogP contribution < -0.4 is 4.74 Å². The zero-order valence-electron chi connectivity index (χ0n) is 11.9. The van der Waals surface area contributed by atoms with Crippen molar-refractivity contribution in [2.45, 2.75) is 13.3 Å². The van der Waals surface area contributed by atoms with Crippen molar-refractivity contribution < 1.29 is 9.84 Å². The Morgan fingerprint density at radius 3 is 2.05 bits per heavy atom. The van der Waals surface area contributed by atoms with E-state index < -0.39 is 0 Å². The van der Waals surface area contributed by atoms with Crippen LogP contribution in [0.25, 0.3) is 11.1 Å². The van der Waals surface area contributed by atoms with Gasteiger partial charge in [-0.2, -0.15) is 0 Å². The molecule has 0 spiro atoms. The van der Waals surface area contributed by atoms with Crippen LogP contribution in [0, 0.1) is 0 Å². The lowest BCUT2D eigenvalue weighted by atomic mass is 10.0. The van der Waals surface area contributed by atoms with E-state index in [2.05, 4.69) is 36.2 Å². The van der Waals surface area contributed by atoms with Crippen molar-refractivity contribution in [2.75, 3.05) is 6.79 Å². The maximum Gasteiger partial charge on any atom is 0.186 e. The van der Waals surface area contributed by atoms with E-state index in [1.54, 1.807) is 0 Å². The SMILES string of the molecule is CC1=CN=C(c2ccc(-c3ccc(OCO)cc3)cc2)C1. The highest BCUT2D eigenvalue weighted by atomic mass is 16.6. The monoisotopic (exact) mass is 279 g/mol. The molecule has 1 aliphatic rings. The topological polar surface area (TPSA) is 41.8 Å². The van der Waals surface area contributed by atoms with Crippen LogP contribution in [0.2, 0.25) is 0 Å². The highest BCUT2D eigenvalue weighted by Crippen LogP contribution is 2.24. The second-order valence-electron chi connectivity index (χ2n) is 5.10. The summed E-state index contributed by atoms with van der Waals surface area (Å²) in [5.41, 5.74) is 5.87. The zero-order valence-corrected chi connectivity index (χ0v) is 11.9. The number of aliphatic imine (C=N–C) groups is 1. The maximum absolute atomic E-state index is 8.72. The largest absolute Gasteiger partial charge is 0.468 e. The smallest absolute Gasteiger partial charge is 0.186 e. The van der Waals surface area contributed by atoms with Crippen LogP contribution >= 0.6 is 0 Å². The Kier molecular flexibility index (Phi) is 3.84. The summed E-state index contributed by atoms with van der Waals surface area (Å²) in [5, 5.41) is 8.72. The van der Waals surface area contributed by atoms with Crippen LogP contribution in [0.4, 0.5) is 0 Å². The summed E-state index contributed by atoms with van der Waals surface area (Å²) < 4.78 is 5.03. The van der Waals surface area contributed by atoms with Gasteiger partial charge in [0, 0.05) is 12.6 Å². The van der Waals surface area contributed by atoms with Crippen molar-refractivity contribution in [1.82, 2.24) is 0 Å². The third kappa shape index (κ3) is 3.03. The summed E-state index contributed by atoms with van der Waals surface area (Å²) in [4.78, 5) is 4.44. The molecule has 0 atom stereocenters.